The molecule has 0 saturated heterocycles. The molecular weight excluding hydrogens is 389 g/mol. The average Bonchev–Trinajstić information content (AvgIpc) is 2.86. The van der Waals surface area contributed by atoms with Crippen molar-refractivity contribution < 1.29 is 0 Å². The van der Waals surface area contributed by atoms with Gasteiger partial charge in [0, 0.05) is 5.92 Å². The summed E-state index contributed by atoms with van der Waals surface area (Å²) in [6.07, 6.45) is 3.71. The fraction of sp³-hybridized carbons (Fsp3) is 0.316. The van der Waals surface area contributed by atoms with Crippen LogP contribution in [0.4, 0.5) is 0 Å². The number of nitrogens with zero attached hydrogens (tertiary/aromatic N) is 3. The van der Waals surface area contributed by atoms with Crippen LogP contribution in [0.2, 0.25) is 0 Å². The second-order valence-electron chi connectivity index (χ2n) is 7.27. The highest BCUT2D eigenvalue weighted by Crippen LogP contribution is 2.64. The molecule has 0 radical (unpaired) electrons. The van der Waals surface area contributed by atoms with Crippen molar-refractivity contribution >= 4 is 45.6 Å². The smallest absolute Gasteiger partial charge is 0.266 e. The molecule has 1 saturated carbocycles. The zero-order chi connectivity index (χ0) is 18.6. The molecule has 1 fully saturated rings. The molecule has 0 aliphatic heterocycles. The van der Waals surface area contributed by atoms with E-state index < -0.39 is 0 Å². The number of hydrogen-bond acceptors (Lipinski definition) is 4. The summed E-state index contributed by atoms with van der Waals surface area (Å²) in [6.45, 7) is 6.28. The number of halogens is 2. The predicted molar refractivity (Wildman–Crippen MR) is 107 cm³/mol. The molecule has 134 valence electrons. The number of thiazole rings is 1. The third kappa shape index (κ3) is 2.98. The van der Waals surface area contributed by atoms with Crippen molar-refractivity contribution in [1.82, 2.24) is 14.6 Å². The number of aromatic nitrogens is 3. The fourth-order valence-corrected chi connectivity index (χ4v) is 4.60. The Morgan fingerprint density at radius 2 is 1.96 bits per heavy atom. The fourth-order valence-electron chi connectivity index (χ4n) is 3.41. The highest BCUT2D eigenvalue weighted by Gasteiger charge is 2.59. The average molecular weight is 406 g/mol. The van der Waals surface area contributed by atoms with Gasteiger partial charge in [0.1, 0.15) is 4.49 Å². The number of hydrogen-bond donors (Lipinski definition) is 0. The van der Waals surface area contributed by atoms with E-state index in [1.807, 2.05) is 43.3 Å². The van der Waals surface area contributed by atoms with Crippen molar-refractivity contribution in [2.75, 3.05) is 0 Å². The van der Waals surface area contributed by atoms with Gasteiger partial charge in [-0.1, -0.05) is 78.2 Å². The van der Waals surface area contributed by atoms with E-state index in [1.54, 1.807) is 0 Å². The van der Waals surface area contributed by atoms with E-state index in [-0.39, 0.29) is 27.3 Å². The Morgan fingerprint density at radius 3 is 2.58 bits per heavy atom. The minimum Gasteiger partial charge on any atom is -0.266 e. The summed E-state index contributed by atoms with van der Waals surface area (Å²) in [5, 5.41) is 4.47. The number of fused-ring (bicyclic) bond motifs is 1. The van der Waals surface area contributed by atoms with Gasteiger partial charge in [0.25, 0.3) is 5.56 Å². The van der Waals surface area contributed by atoms with Crippen molar-refractivity contribution in [3.05, 3.63) is 66.7 Å². The first kappa shape index (κ1) is 17.7. The molecule has 26 heavy (non-hydrogen) atoms. The molecule has 4 rings (SSSR count). The van der Waals surface area contributed by atoms with Crippen LogP contribution in [0, 0.1) is 18.3 Å². The van der Waals surface area contributed by atoms with Gasteiger partial charge in [-0.3, -0.25) is 4.79 Å². The molecule has 1 aromatic carbocycles. The zero-order valence-electron chi connectivity index (χ0n) is 14.5. The summed E-state index contributed by atoms with van der Waals surface area (Å²) in [5.41, 5.74) is 2.02. The van der Waals surface area contributed by atoms with Crippen molar-refractivity contribution in [3.63, 3.8) is 0 Å². The Labute approximate surface area is 164 Å². The minimum absolute atomic E-state index is 0.0219. The van der Waals surface area contributed by atoms with Crippen LogP contribution in [0.15, 0.2) is 39.6 Å². The first-order valence-electron chi connectivity index (χ1n) is 8.28. The van der Waals surface area contributed by atoms with E-state index >= 15 is 0 Å². The largest absolute Gasteiger partial charge is 0.291 e. The van der Waals surface area contributed by atoms with Crippen LogP contribution in [0.25, 0.3) is 11.0 Å². The topological polar surface area (TPSA) is 47.3 Å². The Morgan fingerprint density at radius 1 is 1.27 bits per heavy atom. The molecular formula is C19H17Cl2N3OS. The summed E-state index contributed by atoms with van der Waals surface area (Å²) < 4.78 is 2.29. The third-order valence-corrected chi connectivity index (χ3v) is 6.28. The summed E-state index contributed by atoms with van der Waals surface area (Å²) in [5.74, 6) is 0.973. The lowest BCUT2D eigenvalue weighted by molar-refractivity contribution is 0.585. The Balaban J connectivity index is 1.72. The van der Waals surface area contributed by atoms with E-state index in [0.29, 0.717) is 15.3 Å². The van der Waals surface area contributed by atoms with Crippen molar-refractivity contribution in [2.24, 2.45) is 11.3 Å². The van der Waals surface area contributed by atoms with Gasteiger partial charge < -0.3 is 0 Å². The molecule has 4 nitrogen and oxygen atoms in total. The van der Waals surface area contributed by atoms with E-state index in [9.17, 15) is 4.79 Å². The molecule has 0 spiro atoms. The zero-order valence-corrected chi connectivity index (χ0v) is 16.9. The van der Waals surface area contributed by atoms with Gasteiger partial charge in [0.15, 0.2) is 5.82 Å². The van der Waals surface area contributed by atoms with Gasteiger partial charge in [-0.25, -0.2) is 4.98 Å². The quantitative estimate of drug-likeness (QED) is 0.659. The van der Waals surface area contributed by atoms with Crippen molar-refractivity contribution in [2.45, 2.75) is 26.7 Å². The Kier molecular flexibility index (Phi) is 4.21. The van der Waals surface area contributed by atoms with Crippen LogP contribution in [-0.4, -0.2) is 14.6 Å². The van der Waals surface area contributed by atoms with Crippen LogP contribution >= 0.6 is 34.5 Å². The van der Waals surface area contributed by atoms with Gasteiger partial charge in [-0.05, 0) is 36.0 Å². The maximum absolute atomic E-state index is 12.7. The van der Waals surface area contributed by atoms with Gasteiger partial charge in [0.2, 0.25) is 4.96 Å². The molecule has 7 heteroatoms. The van der Waals surface area contributed by atoms with E-state index in [4.69, 9.17) is 23.2 Å². The van der Waals surface area contributed by atoms with Crippen molar-refractivity contribution in [1.29, 1.82) is 0 Å². The normalized spacial score (nSPS) is 22.0. The van der Waals surface area contributed by atoms with Crippen molar-refractivity contribution in [3.8, 4) is 0 Å². The Bertz CT molecular complexity index is 1120. The molecule has 2 atom stereocenters. The molecule has 0 N–H and O–H groups in total. The highest BCUT2D eigenvalue weighted by molar-refractivity contribution is 7.15. The van der Waals surface area contributed by atoms with Gasteiger partial charge in [-0.2, -0.15) is 4.52 Å². The SMILES string of the molecule is Cc1ccc(/C=c2/sc3nc(C4C(C=C(Cl)Cl)C4(C)C)nn3c2=O)cc1. The molecule has 1 aliphatic rings. The third-order valence-electron chi connectivity index (χ3n) is 5.07. The minimum atomic E-state index is -0.134. The van der Waals surface area contributed by atoms with E-state index in [0.717, 1.165) is 5.56 Å². The Hall–Kier alpha value is -1.69. The molecule has 2 aromatic heterocycles. The lowest BCUT2D eigenvalue weighted by Gasteiger charge is -1.97. The number of benzene rings is 1. The molecule has 2 heterocycles. The van der Waals surface area contributed by atoms with Gasteiger partial charge >= 0.3 is 0 Å². The van der Waals surface area contributed by atoms with Crippen LogP contribution in [-0.2, 0) is 0 Å². The van der Waals surface area contributed by atoms with Gasteiger partial charge in [0.05, 0.1) is 4.53 Å². The molecule has 0 amide bonds. The first-order valence-corrected chi connectivity index (χ1v) is 9.85. The molecule has 0 bridgehead atoms. The van der Waals surface area contributed by atoms with Crippen LogP contribution in [0.1, 0.15) is 36.7 Å². The lowest BCUT2D eigenvalue weighted by Crippen LogP contribution is -2.23. The lowest BCUT2D eigenvalue weighted by atomic mass is 10.1. The molecule has 1 aliphatic carbocycles. The highest BCUT2D eigenvalue weighted by atomic mass is 35.5. The molecule has 3 aromatic rings. The van der Waals surface area contributed by atoms with Crippen LogP contribution in [0.3, 0.4) is 0 Å². The monoisotopic (exact) mass is 405 g/mol. The van der Waals surface area contributed by atoms with Crippen LogP contribution < -0.4 is 10.1 Å². The van der Waals surface area contributed by atoms with Crippen LogP contribution in [0.5, 0.6) is 0 Å². The van der Waals surface area contributed by atoms with E-state index in [1.165, 1.54) is 21.4 Å². The number of aryl methyl sites for hydroxylation is 1. The molecule has 2 unspecified atom stereocenters. The summed E-state index contributed by atoms with van der Waals surface area (Å²) >= 11 is 13.0. The standard InChI is InChI=1S/C19H17Cl2N3OS/c1-10-4-6-11(7-5-10)8-13-17(25)24-18(26-13)22-16(23-24)15-12(9-14(20)21)19(15,2)3/h4-9,12,15H,1-3H3/b13-8+. The number of allylic oxidation sites excluding steroid dienone is 1. The summed E-state index contributed by atoms with van der Waals surface area (Å²) in [7, 11) is 0. The maximum atomic E-state index is 12.7. The summed E-state index contributed by atoms with van der Waals surface area (Å²) in [6, 6.07) is 8.04. The number of rotatable bonds is 3. The van der Waals surface area contributed by atoms with Gasteiger partial charge in [-0.15, -0.1) is 5.10 Å². The second-order valence-corrected chi connectivity index (χ2v) is 9.29. The van der Waals surface area contributed by atoms with E-state index in [2.05, 4.69) is 23.9 Å². The summed E-state index contributed by atoms with van der Waals surface area (Å²) in [4.78, 5) is 17.9. The first-order chi connectivity index (χ1) is 12.3. The maximum Gasteiger partial charge on any atom is 0.291 e. The predicted octanol–water partition coefficient (Wildman–Crippen LogP) is 4.07. The second kappa shape index (κ2) is 6.19.